The monoisotopic (exact) mass is 1520 g/mol. The van der Waals surface area contributed by atoms with Crippen LogP contribution in [0.3, 0.4) is 0 Å². The van der Waals surface area contributed by atoms with Crippen molar-refractivity contribution in [1.82, 2.24) is 44.1 Å². The van der Waals surface area contributed by atoms with E-state index in [0.29, 0.717) is 34.3 Å². The van der Waals surface area contributed by atoms with E-state index in [4.69, 9.17) is 52.8 Å². The van der Waals surface area contributed by atoms with Crippen molar-refractivity contribution in [3.05, 3.63) is 253 Å². The van der Waals surface area contributed by atoms with Crippen LogP contribution in [0.25, 0.3) is 67.8 Å². The molecule has 22 nitrogen and oxygen atoms in total. The quantitative estimate of drug-likeness (QED) is 0.0424. The molecule has 0 aliphatic rings. The second kappa shape index (κ2) is 37.6. The third-order valence-corrected chi connectivity index (χ3v) is 18.9. The van der Waals surface area contributed by atoms with E-state index in [2.05, 4.69) is 28.2 Å². The fraction of sp³-hybridized carbons (Fsp3) is 0.292. The lowest BCUT2D eigenvalue weighted by Gasteiger charge is -2.21. The van der Waals surface area contributed by atoms with Crippen molar-refractivity contribution in [3.63, 3.8) is 0 Å². The summed E-state index contributed by atoms with van der Waals surface area (Å²) in [4.78, 5) is 51.0. The van der Waals surface area contributed by atoms with Gasteiger partial charge in [-0.2, -0.15) is 20.4 Å². The number of hydrogen-bond donors (Lipinski definition) is 0. The Morgan fingerprint density at radius 3 is 0.964 bits per heavy atom. The van der Waals surface area contributed by atoms with Gasteiger partial charge in [-0.1, -0.05) is 91.0 Å². The Labute approximate surface area is 654 Å². The van der Waals surface area contributed by atoms with Gasteiger partial charge in [0, 0.05) is 34.6 Å². The molecule has 23 heteroatoms. The third-order valence-electron chi connectivity index (χ3n) is 18.9. The Morgan fingerprint density at radius 2 is 0.634 bits per heavy atom. The minimum Gasteiger partial charge on any atom is -0.497 e. The van der Waals surface area contributed by atoms with Crippen LogP contribution in [-0.4, -0.2) is 125 Å². The zero-order valence-corrected chi connectivity index (χ0v) is 66.8. The summed E-state index contributed by atoms with van der Waals surface area (Å²) in [6, 6.07) is 64.7. The highest BCUT2D eigenvalue weighted by atomic mass is 19.1. The molecule has 0 radical (unpaired) electrons. The summed E-state index contributed by atoms with van der Waals surface area (Å²) in [6.07, 6.45) is 3.45. The average Bonchev–Trinajstić information content (AvgIpc) is 1.70. The van der Waals surface area contributed by atoms with Crippen LogP contribution in [0.1, 0.15) is 111 Å². The molecule has 0 atom stereocenters. The van der Waals surface area contributed by atoms with E-state index in [1.807, 2.05) is 190 Å². The highest BCUT2D eigenvalue weighted by Gasteiger charge is 2.30. The maximum absolute atomic E-state index is 14.4. The van der Waals surface area contributed by atoms with Crippen molar-refractivity contribution < 1.29 is 66.2 Å². The van der Waals surface area contributed by atoms with Crippen molar-refractivity contribution in [2.24, 2.45) is 0 Å². The number of ketones is 4. The molecular formula is C89H98FN9O13. The second-order valence-electron chi connectivity index (χ2n) is 28.2. The number of Topliss-reactive ketones (excluding diaryl/α,β-unsaturated/α-hetero) is 4. The lowest BCUT2D eigenvalue weighted by molar-refractivity contribution is -0.140. The molecule has 12 aromatic rings. The SMILES string of the molecule is COc1cccc(-c2cc(COC(C)(C)C(C)=O)nn2-c2ccccc2C)c1.COc1cccc(-c2cc(COC(C)(C)C(C)=O)nn2-c2ccccc2F)c1.COc1cccc(-c2cc(COC(C)(C)C(C)=O)nn2-c2ccccc2OC)c1.COc1cccc(-c2cc(COC(C)(C)C(C)=O)nn2-c2ccncc2)c1. The molecule has 0 unspecified atom stereocenters. The Bertz CT molecular complexity index is 5050. The second-order valence-corrected chi connectivity index (χ2v) is 28.2. The molecule has 584 valence electrons. The number of hydrogen-bond acceptors (Lipinski definition) is 18. The van der Waals surface area contributed by atoms with Gasteiger partial charge >= 0.3 is 0 Å². The minimum atomic E-state index is -0.919. The summed E-state index contributed by atoms with van der Waals surface area (Å²) in [7, 11) is 8.16. The van der Waals surface area contributed by atoms with Gasteiger partial charge in [-0.3, -0.25) is 24.2 Å². The van der Waals surface area contributed by atoms with Gasteiger partial charge in [-0.05, 0) is 211 Å². The summed E-state index contributed by atoms with van der Waals surface area (Å²) in [6.45, 7) is 23.0. The largest absolute Gasteiger partial charge is 0.497 e. The van der Waals surface area contributed by atoms with Crippen LogP contribution in [0.5, 0.6) is 28.7 Å². The molecule has 0 spiro atoms. The standard InChI is InChI=1S/C23H26N2O4.C23H26N2O3.C22H23FN2O3.C21H23N3O3/c1-16(26)23(2,3)29-15-18-14-21(17-9-8-10-19(13-17)27-4)25(24-18)20-11-6-7-12-22(20)28-5;1-16-9-6-7-12-21(16)25-22(18-10-8-11-20(13-18)27-5)14-19(24-25)15-28-23(3,4)17(2)26;1-15(26)22(2,3)28-14-17-13-21(16-8-7-9-18(12-16)27-4)25(24-17)20-11-6-5-10-19(20)23;1-15(25)21(2,3)27-14-17-13-20(16-6-5-7-19(12-16)26-4)24(23-17)18-8-10-22-11-9-18/h6-14H,15H2,1-5H3;6-14H,15H2,1-5H3;5-13H,14H2,1-4H3;5-13H,14H2,1-4H3. The number of methoxy groups -OCH3 is 5. The number of pyridine rings is 1. The number of carbonyl (C=O) groups is 4. The van der Waals surface area contributed by atoms with E-state index in [0.717, 1.165) is 90.6 Å². The van der Waals surface area contributed by atoms with E-state index in [9.17, 15) is 23.6 Å². The molecule has 112 heavy (non-hydrogen) atoms. The third kappa shape index (κ3) is 21.5. The van der Waals surface area contributed by atoms with Crippen molar-refractivity contribution in [3.8, 4) is 96.5 Å². The molecule has 12 rings (SSSR count). The number of aromatic nitrogens is 9. The van der Waals surface area contributed by atoms with Gasteiger partial charge in [0.25, 0.3) is 0 Å². The molecule has 5 heterocycles. The summed E-state index contributed by atoms with van der Waals surface area (Å²) < 4.78 is 71.7. The van der Waals surface area contributed by atoms with Gasteiger partial charge in [0.15, 0.2) is 23.1 Å². The molecule has 0 aliphatic carbocycles. The minimum absolute atomic E-state index is 0.0149. The molecule has 0 saturated carbocycles. The molecule has 5 aromatic heterocycles. The first-order chi connectivity index (χ1) is 53.4. The maximum atomic E-state index is 14.4. The lowest BCUT2D eigenvalue weighted by atomic mass is 10.1. The molecular weight excluding hydrogens is 1420 g/mol. The Kier molecular flexibility index (Phi) is 28.2. The number of para-hydroxylation sites is 4. The molecule has 0 bridgehead atoms. The van der Waals surface area contributed by atoms with Gasteiger partial charge in [0.05, 0.1) is 119 Å². The highest BCUT2D eigenvalue weighted by molar-refractivity contribution is 5.85. The fourth-order valence-electron chi connectivity index (χ4n) is 10.8. The number of aryl methyl sites for hydroxylation is 1. The van der Waals surface area contributed by atoms with Crippen LogP contribution < -0.4 is 23.7 Å². The topological polar surface area (TPSA) is 236 Å². The molecule has 7 aromatic carbocycles. The van der Waals surface area contributed by atoms with E-state index in [1.54, 1.807) is 126 Å². The van der Waals surface area contributed by atoms with Crippen LogP contribution in [0.15, 0.2) is 219 Å². The van der Waals surface area contributed by atoms with Crippen molar-refractivity contribution in [2.45, 2.75) is 139 Å². The number of ether oxygens (including phenoxy) is 9. The zero-order valence-electron chi connectivity index (χ0n) is 66.8. The number of benzene rings is 7. The summed E-state index contributed by atoms with van der Waals surface area (Å²) in [5.41, 5.74) is 10.6. The van der Waals surface area contributed by atoms with Gasteiger partial charge < -0.3 is 42.6 Å². The van der Waals surface area contributed by atoms with Crippen LogP contribution in [0.4, 0.5) is 4.39 Å². The lowest BCUT2D eigenvalue weighted by Crippen LogP contribution is -2.32. The predicted octanol–water partition coefficient (Wildman–Crippen LogP) is 17.6. The first-order valence-corrected chi connectivity index (χ1v) is 36.3. The highest BCUT2D eigenvalue weighted by Crippen LogP contribution is 2.35. The van der Waals surface area contributed by atoms with Gasteiger partial charge in [-0.25, -0.2) is 23.1 Å². The van der Waals surface area contributed by atoms with E-state index in [-0.39, 0.29) is 55.4 Å². The van der Waals surface area contributed by atoms with E-state index in [1.165, 1.54) is 33.8 Å². The van der Waals surface area contributed by atoms with Crippen LogP contribution >= 0.6 is 0 Å². The van der Waals surface area contributed by atoms with Crippen molar-refractivity contribution in [2.75, 3.05) is 35.5 Å². The molecule has 0 N–H and O–H groups in total. The van der Waals surface area contributed by atoms with Crippen molar-refractivity contribution >= 4 is 23.1 Å². The number of halogens is 1. The van der Waals surface area contributed by atoms with Gasteiger partial charge in [0.1, 0.15) is 68.3 Å². The average molecular weight is 1520 g/mol. The first kappa shape index (κ1) is 84.0. The number of carbonyl (C=O) groups excluding carboxylic acids is 4. The smallest absolute Gasteiger partial charge is 0.161 e. The Hall–Kier alpha value is -12.0. The Balaban J connectivity index is 0.000000171. The van der Waals surface area contributed by atoms with Crippen LogP contribution in [0.2, 0.25) is 0 Å². The van der Waals surface area contributed by atoms with Gasteiger partial charge in [0.2, 0.25) is 0 Å². The molecule has 0 saturated heterocycles. The maximum Gasteiger partial charge on any atom is 0.161 e. The Morgan fingerprint density at radius 1 is 0.339 bits per heavy atom. The summed E-state index contributed by atoms with van der Waals surface area (Å²) in [5.74, 6) is 3.17. The first-order valence-electron chi connectivity index (χ1n) is 36.3. The summed E-state index contributed by atoms with van der Waals surface area (Å²) >= 11 is 0. The van der Waals surface area contributed by atoms with E-state index < -0.39 is 22.4 Å². The molecule has 0 aliphatic heterocycles. The summed E-state index contributed by atoms with van der Waals surface area (Å²) in [5, 5.41) is 18.7. The van der Waals surface area contributed by atoms with Crippen LogP contribution in [-0.2, 0) is 64.6 Å². The fourth-order valence-corrected chi connectivity index (χ4v) is 10.8. The number of rotatable bonds is 29. The molecule has 0 amide bonds. The van der Waals surface area contributed by atoms with E-state index >= 15 is 0 Å². The zero-order chi connectivity index (χ0) is 81.1. The predicted molar refractivity (Wildman–Crippen MR) is 429 cm³/mol. The van der Waals surface area contributed by atoms with Crippen molar-refractivity contribution in [1.29, 1.82) is 0 Å². The normalized spacial score (nSPS) is 11.4. The number of nitrogens with zero attached hydrogens (tertiary/aromatic N) is 9. The van der Waals surface area contributed by atoms with Gasteiger partial charge in [-0.15, -0.1) is 0 Å². The van der Waals surface area contributed by atoms with Crippen LogP contribution in [0, 0.1) is 12.7 Å². The molecule has 0 fully saturated rings.